The van der Waals surface area contributed by atoms with Gasteiger partial charge in [-0.3, -0.25) is 4.98 Å². The number of hydrogen-bond acceptors (Lipinski definition) is 4. The highest BCUT2D eigenvalue weighted by atomic mass is 15.2. The molecular formula is C17H24N4. The molecule has 0 aliphatic heterocycles. The van der Waals surface area contributed by atoms with E-state index in [4.69, 9.17) is 0 Å². The van der Waals surface area contributed by atoms with E-state index in [1.54, 1.807) is 0 Å². The summed E-state index contributed by atoms with van der Waals surface area (Å²) in [6, 6.07) is 10.7. The molecule has 4 nitrogen and oxygen atoms in total. The standard InChI is InChI=1S/C17H24N4/c1-4-21(13-16-7-5-6-9-18-16)17-11-15(8-10-19-17)12-20-14(2)3/h5-11,14,20H,4,12-13H2,1-3H3. The average Bonchev–Trinajstić information content (AvgIpc) is 2.52. The molecule has 0 fully saturated rings. The van der Waals surface area contributed by atoms with Crippen LogP contribution in [0.1, 0.15) is 32.0 Å². The first-order chi connectivity index (χ1) is 10.2. The van der Waals surface area contributed by atoms with E-state index in [1.165, 1.54) is 5.56 Å². The quantitative estimate of drug-likeness (QED) is 0.848. The van der Waals surface area contributed by atoms with Crippen molar-refractivity contribution < 1.29 is 0 Å². The number of aromatic nitrogens is 2. The van der Waals surface area contributed by atoms with Gasteiger partial charge in [-0.05, 0) is 36.8 Å². The van der Waals surface area contributed by atoms with Gasteiger partial charge >= 0.3 is 0 Å². The van der Waals surface area contributed by atoms with E-state index in [1.807, 2.05) is 30.6 Å². The van der Waals surface area contributed by atoms with Gasteiger partial charge in [0.25, 0.3) is 0 Å². The Morgan fingerprint density at radius 1 is 1.14 bits per heavy atom. The summed E-state index contributed by atoms with van der Waals surface area (Å²) < 4.78 is 0. The van der Waals surface area contributed by atoms with Crippen LogP contribution in [-0.4, -0.2) is 22.6 Å². The van der Waals surface area contributed by atoms with Crippen LogP contribution in [0.15, 0.2) is 42.7 Å². The molecule has 2 aromatic heterocycles. The van der Waals surface area contributed by atoms with Gasteiger partial charge in [-0.2, -0.15) is 0 Å². The minimum atomic E-state index is 0.484. The fourth-order valence-electron chi connectivity index (χ4n) is 2.11. The Hall–Kier alpha value is -1.94. The molecule has 0 aliphatic rings. The van der Waals surface area contributed by atoms with Crippen LogP contribution in [0, 0.1) is 0 Å². The van der Waals surface area contributed by atoms with Gasteiger partial charge in [-0.25, -0.2) is 4.98 Å². The second-order valence-electron chi connectivity index (χ2n) is 5.39. The van der Waals surface area contributed by atoms with E-state index in [0.29, 0.717) is 6.04 Å². The molecular weight excluding hydrogens is 260 g/mol. The summed E-state index contributed by atoms with van der Waals surface area (Å²) in [4.78, 5) is 11.1. The molecule has 0 amide bonds. The van der Waals surface area contributed by atoms with Crippen molar-refractivity contribution in [2.24, 2.45) is 0 Å². The van der Waals surface area contributed by atoms with Gasteiger partial charge in [-0.1, -0.05) is 19.9 Å². The van der Waals surface area contributed by atoms with Gasteiger partial charge < -0.3 is 10.2 Å². The molecule has 0 atom stereocenters. The zero-order valence-corrected chi connectivity index (χ0v) is 13.1. The minimum Gasteiger partial charge on any atom is -0.351 e. The lowest BCUT2D eigenvalue weighted by Gasteiger charge is -2.22. The zero-order valence-electron chi connectivity index (χ0n) is 13.1. The molecule has 1 N–H and O–H groups in total. The lowest BCUT2D eigenvalue weighted by molar-refractivity contribution is 0.588. The number of anilines is 1. The molecule has 0 saturated carbocycles. The third-order valence-electron chi connectivity index (χ3n) is 3.31. The highest BCUT2D eigenvalue weighted by Crippen LogP contribution is 2.15. The van der Waals surface area contributed by atoms with E-state index in [0.717, 1.165) is 31.1 Å². The van der Waals surface area contributed by atoms with Crippen LogP contribution in [-0.2, 0) is 13.1 Å². The number of pyridine rings is 2. The highest BCUT2D eigenvalue weighted by molar-refractivity contribution is 5.41. The maximum atomic E-state index is 4.50. The van der Waals surface area contributed by atoms with E-state index < -0.39 is 0 Å². The largest absolute Gasteiger partial charge is 0.351 e. The molecule has 112 valence electrons. The van der Waals surface area contributed by atoms with E-state index in [-0.39, 0.29) is 0 Å². The Kier molecular flexibility index (Phi) is 5.69. The van der Waals surface area contributed by atoms with Crippen LogP contribution in [0.25, 0.3) is 0 Å². The monoisotopic (exact) mass is 284 g/mol. The van der Waals surface area contributed by atoms with Crippen LogP contribution < -0.4 is 10.2 Å². The number of rotatable bonds is 7. The summed E-state index contributed by atoms with van der Waals surface area (Å²) in [5.41, 5.74) is 2.32. The van der Waals surface area contributed by atoms with Crippen LogP contribution in [0.3, 0.4) is 0 Å². The number of nitrogens with zero attached hydrogens (tertiary/aromatic N) is 3. The molecule has 0 bridgehead atoms. The topological polar surface area (TPSA) is 41.1 Å². The molecule has 4 heteroatoms. The summed E-state index contributed by atoms with van der Waals surface area (Å²) in [6.45, 7) is 9.01. The van der Waals surface area contributed by atoms with Crippen LogP contribution in [0.4, 0.5) is 5.82 Å². The van der Waals surface area contributed by atoms with E-state index in [9.17, 15) is 0 Å². The molecule has 0 spiro atoms. The van der Waals surface area contributed by atoms with Crippen LogP contribution >= 0.6 is 0 Å². The van der Waals surface area contributed by atoms with E-state index in [2.05, 4.69) is 53.1 Å². The normalized spacial score (nSPS) is 10.9. The summed E-state index contributed by atoms with van der Waals surface area (Å²) >= 11 is 0. The highest BCUT2D eigenvalue weighted by Gasteiger charge is 2.08. The third-order valence-corrected chi connectivity index (χ3v) is 3.31. The molecule has 0 unspecified atom stereocenters. The van der Waals surface area contributed by atoms with Crippen molar-refractivity contribution in [3.8, 4) is 0 Å². The van der Waals surface area contributed by atoms with Crippen LogP contribution in [0.5, 0.6) is 0 Å². The molecule has 2 aromatic rings. The first-order valence-electron chi connectivity index (χ1n) is 7.52. The van der Waals surface area contributed by atoms with Crippen molar-refractivity contribution in [2.45, 2.75) is 39.9 Å². The Bertz CT molecular complexity index is 539. The third kappa shape index (κ3) is 4.83. The van der Waals surface area contributed by atoms with Gasteiger partial charge in [0.15, 0.2) is 0 Å². The lowest BCUT2D eigenvalue weighted by atomic mass is 10.2. The summed E-state index contributed by atoms with van der Waals surface area (Å²) in [5.74, 6) is 1.01. The fourth-order valence-corrected chi connectivity index (χ4v) is 2.11. The average molecular weight is 284 g/mol. The molecule has 0 radical (unpaired) electrons. The van der Waals surface area contributed by atoms with Gasteiger partial charge in [-0.15, -0.1) is 0 Å². The summed E-state index contributed by atoms with van der Waals surface area (Å²) in [7, 11) is 0. The van der Waals surface area contributed by atoms with Gasteiger partial charge in [0.1, 0.15) is 5.82 Å². The van der Waals surface area contributed by atoms with E-state index >= 15 is 0 Å². The molecule has 21 heavy (non-hydrogen) atoms. The van der Waals surface area contributed by atoms with Crippen molar-refractivity contribution in [3.05, 3.63) is 54.0 Å². The Morgan fingerprint density at radius 2 is 2.00 bits per heavy atom. The number of hydrogen-bond donors (Lipinski definition) is 1. The summed E-state index contributed by atoms with van der Waals surface area (Å²) in [6.07, 6.45) is 3.72. The fraction of sp³-hybridized carbons (Fsp3) is 0.412. The number of nitrogens with one attached hydrogen (secondary N) is 1. The zero-order chi connectivity index (χ0) is 15.1. The molecule has 2 heterocycles. The Labute approximate surface area is 127 Å². The minimum absolute atomic E-state index is 0.484. The smallest absolute Gasteiger partial charge is 0.129 e. The van der Waals surface area contributed by atoms with Gasteiger partial charge in [0, 0.05) is 31.5 Å². The van der Waals surface area contributed by atoms with Crippen LogP contribution in [0.2, 0.25) is 0 Å². The van der Waals surface area contributed by atoms with Crippen molar-refractivity contribution in [3.63, 3.8) is 0 Å². The second-order valence-corrected chi connectivity index (χ2v) is 5.39. The van der Waals surface area contributed by atoms with Gasteiger partial charge in [0.05, 0.1) is 12.2 Å². The Morgan fingerprint density at radius 3 is 2.67 bits per heavy atom. The first-order valence-corrected chi connectivity index (χ1v) is 7.52. The Balaban J connectivity index is 2.09. The lowest BCUT2D eigenvalue weighted by Crippen LogP contribution is -2.25. The molecule has 0 saturated heterocycles. The second kappa shape index (κ2) is 7.74. The maximum Gasteiger partial charge on any atom is 0.129 e. The molecule has 0 aromatic carbocycles. The van der Waals surface area contributed by atoms with Crippen molar-refractivity contribution >= 4 is 5.82 Å². The molecule has 0 aliphatic carbocycles. The predicted octanol–water partition coefficient (Wildman–Crippen LogP) is 3.00. The maximum absolute atomic E-state index is 4.50. The van der Waals surface area contributed by atoms with Crippen molar-refractivity contribution in [1.29, 1.82) is 0 Å². The molecule has 2 rings (SSSR count). The predicted molar refractivity (Wildman–Crippen MR) is 87.2 cm³/mol. The van der Waals surface area contributed by atoms with Gasteiger partial charge in [0.2, 0.25) is 0 Å². The summed E-state index contributed by atoms with van der Waals surface area (Å²) in [5, 5.41) is 3.44. The first kappa shape index (κ1) is 15.4. The van der Waals surface area contributed by atoms with Crippen molar-refractivity contribution in [1.82, 2.24) is 15.3 Å². The SMILES string of the molecule is CCN(Cc1ccccn1)c1cc(CNC(C)C)ccn1. The van der Waals surface area contributed by atoms with Crippen molar-refractivity contribution in [2.75, 3.05) is 11.4 Å².